The van der Waals surface area contributed by atoms with Crippen LogP contribution in [0, 0.1) is 5.41 Å². The van der Waals surface area contributed by atoms with Gasteiger partial charge in [0.2, 0.25) is 0 Å². The minimum Gasteiger partial charge on any atom is -0.393 e. The summed E-state index contributed by atoms with van der Waals surface area (Å²) in [6, 6.07) is 0. The van der Waals surface area contributed by atoms with E-state index in [9.17, 15) is 5.11 Å². The highest BCUT2D eigenvalue weighted by atomic mass is 16.3. The third kappa shape index (κ3) is 5.36. The first-order valence-corrected chi connectivity index (χ1v) is 7.15. The molecule has 1 aliphatic carbocycles. The SMILES string of the molecule is CC(O)CCN(C)CC1(CN)CCCCCC1. The molecule has 0 aromatic heterocycles. The van der Waals surface area contributed by atoms with Crippen molar-refractivity contribution in [2.45, 2.75) is 58.0 Å². The summed E-state index contributed by atoms with van der Waals surface area (Å²) in [6.07, 6.45) is 8.64. The molecular weight excluding hydrogens is 212 g/mol. The molecule has 0 aromatic carbocycles. The zero-order chi connectivity index (χ0) is 12.7. The van der Waals surface area contributed by atoms with Crippen LogP contribution in [-0.2, 0) is 0 Å². The summed E-state index contributed by atoms with van der Waals surface area (Å²) >= 11 is 0. The van der Waals surface area contributed by atoms with Gasteiger partial charge in [-0.05, 0) is 45.2 Å². The fourth-order valence-corrected chi connectivity index (χ4v) is 2.96. The minimum absolute atomic E-state index is 0.194. The van der Waals surface area contributed by atoms with Gasteiger partial charge in [0.05, 0.1) is 6.10 Å². The van der Waals surface area contributed by atoms with Crippen LogP contribution in [0.2, 0.25) is 0 Å². The van der Waals surface area contributed by atoms with Crippen LogP contribution < -0.4 is 5.73 Å². The van der Waals surface area contributed by atoms with E-state index in [2.05, 4.69) is 11.9 Å². The highest BCUT2D eigenvalue weighted by Crippen LogP contribution is 2.34. The second kappa shape index (κ2) is 7.34. The maximum absolute atomic E-state index is 9.32. The monoisotopic (exact) mass is 242 g/mol. The number of rotatable bonds is 6. The lowest BCUT2D eigenvalue weighted by Gasteiger charge is -2.35. The average Bonchev–Trinajstić information content (AvgIpc) is 2.53. The number of hydrogen-bond acceptors (Lipinski definition) is 3. The second-order valence-corrected chi connectivity index (χ2v) is 5.99. The molecule has 1 unspecified atom stereocenters. The topological polar surface area (TPSA) is 49.5 Å². The van der Waals surface area contributed by atoms with E-state index in [1.807, 2.05) is 6.92 Å². The first-order valence-electron chi connectivity index (χ1n) is 7.15. The van der Waals surface area contributed by atoms with Crippen molar-refractivity contribution in [2.24, 2.45) is 11.1 Å². The van der Waals surface area contributed by atoms with Crippen molar-refractivity contribution in [3.8, 4) is 0 Å². The van der Waals surface area contributed by atoms with Crippen LogP contribution >= 0.6 is 0 Å². The zero-order valence-electron chi connectivity index (χ0n) is 11.6. The normalized spacial score (nSPS) is 22.4. The van der Waals surface area contributed by atoms with Crippen LogP contribution in [0.25, 0.3) is 0 Å². The van der Waals surface area contributed by atoms with Crippen LogP contribution in [0.5, 0.6) is 0 Å². The molecule has 102 valence electrons. The molecule has 0 radical (unpaired) electrons. The van der Waals surface area contributed by atoms with Crippen LogP contribution in [-0.4, -0.2) is 42.8 Å². The lowest BCUT2D eigenvalue weighted by molar-refractivity contribution is 0.127. The molecule has 0 aliphatic heterocycles. The fraction of sp³-hybridized carbons (Fsp3) is 1.00. The lowest BCUT2D eigenvalue weighted by Crippen LogP contribution is -2.41. The van der Waals surface area contributed by atoms with Gasteiger partial charge in [-0.2, -0.15) is 0 Å². The minimum atomic E-state index is -0.194. The van der Waals surface area contributed by atoms with E-state index >= 15 is 0 Å². The molecule has 0 bridgehead atoms. The van der Waals surface area contributed by atoms with Gasteiger partial charge in [0, 0.05) is 13.1 Å². The molecular formula is C14H30N2O. The molecule has 0 aromatic rings. The number of nitrogens with zero attached hydrogens (tertiary/aromatic N) is 1. The molecule has 0 amide bonds. The molecule has 1 atom stereocenters. The van der Waals surface area contributed by atoms with E-state index in [1.54, 1.807) is 0 Å². The van der Waals surface area contributed by atoms with Crippen molar-refractivity contribution in [1.29, 1.82) is 0 Å². The molecule has 0 spiro atoms. The van der Waals surface area contributed by atoms with E-state index in [0.717, 1.165) is 26.1 Å². The summed E-state index contributed by atoms with van der Waals surface area (Å²) in [5.74, 6) is 0. The molecule has 1 fully saturated rings. The molecule has 3 heteroatoms. The quantitative estimate of drug-likeness (QED) is 0.700. The van der Waals surface area contributed by atoms with Crippen molar-refractivity contribution in [3.05, 3.63) is 0 Å². The van der Waals surface area contributed by atoms with Crippen molar-refractivity contribution < 1.29 is 5.11 Å². The summed E-state index contributed by atoms with van der Waals surface area (Å²) in [5, 5.41) is 9.32. The Balaban J connectivity index is 2.43. The van der Waals surface area contributed by atoms with Crippen LogP contribution in [0.4, 0.5) is 0 Å². The number of aliphatic hydroxyl groups is 1. The highest BCUT2D eigenvalue weighted by molar-refractivity contribution is 4.85. The van der Waals surface area contributed by atoms with Gasteiger partial charge in [-0.1, -0.05) is 25.7 Å². The zero-order valence-corrected chi connectivity index (χ0v) is 11.6. The molecule has 3 nitrogen and oxygen atoms in total. The third-order valence-corrected chi connectivity index (χ3v) is 4.13. The van der Waals surface area contributed by atoms with Crippen molar-refractivity contribution in [3.63, 3.8) is 0 Å². The smallest absolute Gasteiger partial charge is 0.0524 e. The number of nitrogens with two attached hydrogens (primary N) is 1. The van der Waals surface area contributed by atoms with Crippen LogP contribution in [0.15, 0.2) is 0 Å². The summed E-state index contributed by atoms with van der Waals surface area (Å²) < 4.78 is 0. The highest BCUT2D eigenvalue weighted by Gasteiger charge is 2.30. The fourth-order valence-electron chi connectivity index (χ4n) is 2.96. The molecule has 0 heterocycles. The Labute approximate surface area is 106 Å². The van der Waals surface area contributed by atoms with Gasteiger partial charge in [0.1, 0.15) is 0 Å². The molecule has 1 saturated carbocycles. The van der Waals surface area contributed by atoms with Crippen molar-refractivity contribution in [1.82, 2.24) is 4.90 Å². The first kappa shape index (κ1) is 14.9. The third-order valence-electron chi connectivity index (χ3n) is 4.13. The number of hydrogen-bond donors (Lipinski definition) is 2. The van der Waals surface area contributed by atoms with Crippen molar-refractivity contribution in [2.75, 3.05) is 26.7 Å². The van der Waals surface area contributed by atoms with E-state index < -0.39 is 0 Å². The standard InChI is InChI=1S/C14H30N2O/c1-13(17)7-10-16(2)12-14(11-15)8-5-3-4-6-9-14/h13,17H,3-12,15H2,1-2H3. The van der Waals surface area contributed by atoms with E-state index in [0.29, 0.717) is 5.41 Å². The molecule has 1 aliphatic rings. The lowest BCUT2D eigenvalue weighted by atomic mass is 9.80. The predicted molar refractivity (Wildman–Crippen MR) is 73.0 cm³/mol. The van der Waals surface area contributed by atoms with Crippen molar-refractivity contribution >= 4 is 0 Å². The summed E-state index contributed by atoms with van der Waals surface area (Å²) in [7, 11) is 2.16. The van der Waals surface area contributed by atoms with Gasteiger partial charge in [0.15, 0.2) is 0 Å². The summed E-state index contributed by atoms with van der Waals surface area (Å²) in [4.78, 5) is 2.35. The van der Waals surface area contributed by atoms with Gasteiger partial charge in [0.25, 0.3) is 0 Å². The Morgan fingerprint density at radius 2 is 1.82 bits per heavy atom. The Hall–Kier alpha value is -0.120. The van der Waals surface area contributed by atoms with Crippen LogP contribution in [0.3, 0.4) is 0 Å². The number of aliphatic hydroxyl groups excluding tert-OH is 1. The Morgan fingerprint density at radius 1 is 1.24 bits per heavy atom. The van der Waals surface area contributed by atoms with Gasteiger partial charge in [-0.15, -0.1) is 0 Å². The Bertz CT molecular complexity index is 198. The van der Waals surface area contributed by atoms with E-state index in [1.165, 1.54) is 38.5 Å². The summed E-state index contributed by atoms with van der Waals surface area (Å²) in [5.41, 5.74) is 6.37. The average molecular weight is 242 g/mol. The van der Waals surface area contributed by atoms with Gasteiger partial charge in [-0.3, -0.25) is 0 Å². The maximum Gasteiger partial charge on any atom is 0.0524 e. The first-order chi connectivity index (χ1) is 8.08. The Kier molecular flexibility index (Phi) is 6.45. The maximum atomic E-state index is 9.32. The molecule has 0 saturated heterocycles. The van der Waals surface area contributed by atoms with Gasteiger partial charge < -0.3 is 15.7 Å². The largest absolute Gasteiger partial charge is 0.393 e. The van der Waals surface area contributed by atoms with E-state index in [4.69, 9.17) is 5.73 Å². The second-order valence-electron chi connectivity index (χ2n) is 5.99. The van der Waals surface area contributed by atoms with Crippen LogP contribution in [0.1, 0.15) is 51.9 Å². The summed E-state index contributed by atoms with van der Waals surface area (Å²) in [6.45, 7) is 4.74. The molecule has 17 heavy (non-hydrogen) atoms. The predicted octanol–water partition coefficient (Wildman–Crippen LogP) is 1.99. The molecule has 3 N–H and O–H groups in total. The molecule has 1 rings (SSSR count). The Morgan fingerprint density at radius 3 is 2.29 bits per heavy atom. The van der Waals surface area contributed by atoms with Gasteiger partial charge >= 0.3 is 0 Å². The van der Waals surface area contributed by atoms with E-state index in [-0.39, 0.29) is 6.10 Å². The van der Waals surface area contributed by atoms with Gasteiger partial charge in [-0.25, -0.2) is 0 Å².